The van der Waals surface area contributed by atoms with Crippen LogP contribution in [-0.2, 0) is 24.2 Å². The fourth-order valence-corrected chi connectivity index (χ4v) is 0.446. The maximum Gasteiger partial charge on any atom is 2.00 e. The van der Waals surface area contributed by atoms with Gasteiger partial charge in [-0.25, -0.2) is 0 Å². The third-order valence-electron chi connectivity index (χ3n) is 1.04. The molecular formula is C6H16MgO5Zn. The molecule has 74 valence electrons. The van der Waals surface area contributed by atoms with Gasteiger partial charge < -0.3 is 28.0 Å². The zero-order chi connectivity index (χ0) is 8.69. The summed E-state index contributed by atoms with van der Waals surface area (Å²) in [4.78, 5) is 0. The maximum atomic E-state index is 8.72. The van der Waals surface area contributed by atoms with E-state index in [1.54, 1.807) is 0 Å². The molecule has 0 rings (SSSR count). The minimum atomic E-state index is -0.916. The van der Waals surface area contributed by atoms with E-state index in [0.717, 1.165) is 0 Å². The number of rotatable bonds is 6. The molecule has 0 saturated carbocycles. The molecule has 0 radical (unpaired) electrons. The van der Waals surface area contributed by atoms with Crippen LogP contribution in [0, 0.1) is 0 Å². The van der Waals surface area contributed by atoms with Gasteiger partial charge in [0.2, 0.25) is 0 Å². The molecule has 13 heavy (non-hydrogen) atoms. The van der Waals surface area contributed by atoms with E-state index in [1.807, 2.05) is 0 Å². The van der Waals surface area contributed by atoms with E-state index in [4.69, 9.17) is 25.2 Å². The van der Waals surface area contributed by atoms with E-state index >= 15 is 0 Å². The van der Waals surface area contributed by atoms with Crippen LogP contribution in [0.15, 0.2) is 0 Å². The first-order valence-electron chi connectivity index (χ1n) is 3.36. The summed E-state index contributed by atoms with van der Waals surface area (Å²) in [5.74, 6) is 0. The molecule has 0 aliphatic heterocycles. The van der Waals surface area contributed by atoms with Crippen molar-refractivity contribution in [3.8, 4) is 0 Å². The topological polar surface area (TPSA) is 90.2 Å². The van der Waals surface area contributed by atoms with E-state index < -0.39 is 12.2 Å². The largest absolute Gasteiger partial charge is 2.00 e. The Kier molecular flexibility index (Phi) is 20.0. The third-order valence-corrected chi connectivity index (χ3v) is 1.04. The molecule has 2 atom stereocenters. The molecule has 0 aliphatic carbocycles. The second-order valence-corrected chi connectivity index (χ2v) is 2.21. The summed E-state index contributed by atoms with van der Waals surface area (Å²) >= 11 is 0. The second-order valence-electron chi connectivity index (χ2n) is 2.21. The van der Waals surface area contributed by atoms with Crippen LogP contribution in [0.25, 0.3) is 0 Å². The van der Waals surface area contributed by atoms with Crippen LogP contribution in [0.4, 0.5) is 0 Å². The first-order chi connectivity index (χ1) is 5.20. The molecule has 0 aromatic rings. The zero-order valence-electron chi connectivity index (χ0n) is 9.59. The van der Waals surface area contributed by atoms with E-state index in [9.17, 15) is 0 Å². The molecule has 2 unspecified atom stereocenters. The first kappa shape index (κ1) is 19.7. The summed E-state index contributed by atoms with van der Waals surface area (Å²) in [5, 5.41) is 34.1. The van der Waals surface area contributed by atoms with Gasteiger partial charge in [0.05, 0.1) is 26.4 Å². The Morgan fingerprint density at radius 3 is 1.54 bits per heavy atom. The van der Waals surface area contributed by atoms with Gasteiger partial charge in [-0.1, -0.05) is 0 Å². The van der Waals surface area contributed by atoms with Crippen molar-refractivity contribution in [3.05, 3.63) is 0 Å². The Hall–Kier alpha value is 1.19. The fraction of sp³-hybridized carbons (Fsp3) is 1.00. The summed E-state index contributed by atoms with van der Waals surface area (Å²) in [7, 11) is 0. The van der Waals surface area contributed by atoms with E-state index in [-0.39, 0.29) is 71.8 Å². The number of aliphatic hydroxyl groups is 4. The number of ether oxygens (including phenoxy) is 1. The number of aliphatic hydroxyl groups excluding tert-OH is 4. The van der Waals surface area contributed by atoms with E-state index in [0.29, 0.717) is 0 Å². The molecule has 7 heteroatoms. The number of hydrogen-bond acceptors (Lipinski definition) is 5. The summed E-state index contributed by atoms with van der Waals surface area (Å²) in [6.45, 7) is -0.800. The number of hydrogen-bond donors (Lipinski definition) is 4. The minimum Gasteiger partial charge on any atom is -1.00 e. The Labute approximate surface area is 109 Å². The van der Waals surface area contributed by atoms with Crippen LogP contribution in [0.5, 0.6) is 0 Å². The molecular weight excluding hydrogens is 242 g/mol. The van der Waals surface area contributed by atoms with Crippen LogP contribution >= 0.6 is 0 Å². The fourth-order valence-electron chi connectivity index (χ4n) is 0.446. The average molecular weight is 258 g/mol. The first-order valence-corrected chi connectivity index (χ1v) is 3.36. The predicted octanol–water partition coefficient (Wildman–Crippen LogP) is -2.45. The zero-order valence-corrected chi connectivity index (χ0v) is 12.0. The van der Waals surface area contributed by atoms with Gasteiger partial charge in [-0.2, -0.15) is 0 Å². The quantitative estimate of drug-likeness (QED) is 0.397. The van der Waals surface area contributed by atoms with Crippen LogP contribution < -0.4 is 0 Å². The molecule has 0 aromatic carbocycles. The van der Waals surface area contributed by atoms with Crippen molar-refractivity contribution in [1.82, 2.24) is 0 Å². The van der Waals surface area contributed by atoms with Gasteiger partial charge >= 0.3 is 23.1 Å². The van der Waals surface area contributed by atoms with Gasteiger partial charge in [-0.3, -0.25) is 0 Å². The standard InChI is InChI=1S/C6H14O5.Mg.Zn.2H/c7-1-5(9)3-11-4-6(10)2-8;;;;/h5-10H,1-4H2;;;;/q;+2;;2*-1. The molecule has 0 heterocycles. The Balaban J connectivity index is -0.0000000833. The van der Waals surface area contributed by atoms with E-state index in [2.05, 4.69) is 0 Å². The molecule has 4 N–H and O–H groups in total. The third kappa shape index (κ3) is 13.2. The molecule has 0 aromatic heterocycles. The molecule has 0 amide bonds. The van der Waals surface area contributed by atoms with Crippen molar-refractivity contribution in [2.75, 3.05) is 26.4 Å². The summed E-state index contributed by atoms with van der Waals surface area (Å²) in [6.07, 6.45) is -1.83. The van der Waals surface area contributed by atoms with Crippen LogP contribution in [0.1, 0.15) is 2.85 Å². The second kappa shape index (κ2) is 13.2. The molecule has 0 fully saturated rings. The summed E-state index contributed by atoms with van der Waals surface area (Å²) in [5.41, 5.74) is 0. The molecule has 0 bridgehead atoms. The van der Waals surface area contributed by atoms with Crippen molar-refractivity contribution in [3.63, 3.8) is 0 Å². The smallest absolute Gasteiger partial charge is 1.00 e. The molecule has 0 spiro atoms. The summed E-state index contributed by atoms with van der Waals surface area (Å²) in [6, 6.07) is 0. The van der Waals surface area contributed by atoms with Crippen molar-refractivity contribution < 1.29 is 47.5 Å². The van der Waals surface area contributed by atoms with Crippen molar-refractivity contribution in [2.24, 2.45) is 0 Å². The molecule has 0 aliphatic rings. The van der Waals surface area contributed by atoms with Gasteiger partial charge in [-0.15, -0.1) is 0 Å². The van der Waals surface area contributed by atoms with Crippen molar-refractivity contribution in [1.29, 1.82) is 0 Å². The van der Waals surface area contributed by atoms with E-state index in [1.165, 1.54) is 0 Å². The predicted molar refractivity (Wildman–Crippen MR) is 45.0 cm³/mol. The van der Waals surface area contributed by atoms with Crippen molar-refractivity contribution in [2.45, 2.75) is 12.2 Å². The molecule has 0 saturated heterocycles. The summed E-state index contributed by atoms with van der Waals surface area (Å²) < 4.78 is 4.72. The Morgan fingerprint density at radius 1 is 1.00 bits per heavy atom. The van der Waals surface area contributed by atoms with Gasteiger partial charge in [-0.05, 0) is 0 Å². The minimum absolute atomic E-state index is 0. The van der Waals surface area contributed by atoms with Crippen LogP contribution in [-0.4, -0.2) is 82.1 Å². The Morgan fingerprint density at radius 2 is 1.31 bits per heavy atom. The van der Waals surface area contributed by atoms with Crippen molar-refractivity contribution >= 4 is 23.1 Å². The van der Waals surface area contributed by atoms with Gasteiger partial charge in [0.1, 0.15) is 12.2 Å². The molecule has 5 nitrogen and oxygen atoms in total. The normalized spacial score (nSPS) is 13.8. The van der Waals surface area contributed by atoms with Crippen LogP contribution in [0.2, 0.25) is 0 Å². The average Bonchev–Trinajstić information content (AvgIpc) is 2.04. The van der Waals surface area contributed by atoms with Crippen LogP contribution in [0.3, 0.4) is 0 Å². The van der Waals surface area contributed by atoms with Gasteiger partial charge in [0.15, 0.2) is 0 Å². The Bertz CT molecular complexity index is 95.6. The van der Waals surface area contributed by atoms with Gasteiger partial charge in [0, 0.05) is 19.5 Å². The maximum absolute atomic E-state index is 8.72. The van der Waals surface area contributed by atoms with Gasteiger partial charge in [0.25, 0.3) is 0 Å². The monoisotopic (exact) mass is 256 g/mol. The SMILES string of the molecule is OCC(O)COCC(O)CO.[H-].[H-].[Mg+2].[Zn].